The van der Waals surface area contributed by atoms with Gasteiger partial charge in [-0.2, -0.15) is 5.10 Å². The molecule has 1 aliphatic heterocycles. The fourth-order valence-electron chi connectivity index (χ4n) is 3.17. The second-order valence-electron chi connectivity index (χ2n) is 6.74. The number of anilines is 1. The van der Waals surface area contributed by atoms with Gasteiger partial charge in [0.15, 0.2) is 12.7 Å². The number of nitrogens with one attached hydrogen (secondary N) is 1. The lowest BCUT2D eigenvalue weighted by Crippen LogP contribution is -2.51. The summed E-state index contributed by atoms with van der Waals surface area (Å²) in [6.45, 7) is -0.144. The topological polar surface area (TPSA) is 116 Å². The van der Waals surface area contributed by atoms with Crippen molar-refractivity contribution in [1.29, 1.82) is 0 Å². The number of furan rings is 1. The maximum Gasteiger partial charge on any atom is 0.374 e. The minimum absolute atomic E-state index is 0.00183. The third-order valence-electron chi connectivity index (χ3n) is 4.68. The molecule has 0 fully saturated rings. The molecule has 160 valence electrons. The summed E-state index contributed by atoms with van der Waals surface area (Å²) in [6.07, 6.45) is 2.54. The van der Waals surface area contributed by atoms with Crippen molar-refractivity contribution >= 4 is 23.5 Å². The van der Waals surface area contributed by atoms with E-state index in [1.807, 2.05) is 0 Å². The number of likely N-dealkylation sites (N-methyl/N-ethyl adjacent to an activating group) is 1. The zero-order valence-electron chi connectivity index (χ0n) is 16.7. The minimum Gasteiger partial charge on any atom is -0.477 e. The molecule has 0 bridgehead atoms. The van der Waals surface area contributed by atoms with Crippen molar-refractivity contribution in [2.75, 3.05) is 25.1 Å². The molecule has 2 amide bonds. The quantitative estimate of drug-likeness (QED) is 0.592. The van der Waals surface area contributed by atoms with Crippen LogP contribution in [0.3, 0.4) is 0 Å². The number of fused-ring (bicyclic) bond motifs is 1. The van der Waals surface area contributed by atoms with Gasteiger partial charge in [-0.1, -0.05) is 12.1 Å². The Balaban J connectivity index is 1.40. The van der Waals surface area contributed by atoms with E-state index in [9.17, 15) is 14.4 Å². The molecule has 0 saturated carbocycles. The summed E-state index contributed by atoms with van der Waals surface area (Å²) >= 11 is 0. The number of hydrogen-bond donors (Lipinski definition) is 1. The molecule has 1 aliphatic rings. The number of ether oxygens (including phenoxy) is 2. The Hall–Kier alpha value is -4.08. The van der Waals surface area contributed by atoms with Crippen molar-refractivity contribution in [2.45, 2.75) is 12.6 Å². The number of benzene rings is 1. The van der Waals surface area contributed by atoms with Gasteiger partial charge in [-0.05, 0) is 30.3 Å². The van der Waals surface area contributed by atoms with Crippen LogP contribution in [0.4, 0.5) is 5.69 Å². The number of esters is 1. The Morgan fingerprint density at radius 3 is 2.81 bits per heavy atom. The predicted octanol–water partition coefficient (Wildman–Crippen LogP) is 1.22. The molecule has 0 saturated heterocycles. The van der Waals surface area contributed by atoms with Crippen LogP contribution in [0.5, 0.6) is 5.75 Å². The van der Waals surface area contributed by atoms with E-state index < -0.39 is 24.6 Å². The fourth-order valence-corrected chi connectivity index (χ4v) is 3.17. The van der Waals surface area contributed by atoms with E-state index in [1.165, 1.54) is 18.0 Å². The molecule has 0 radical (unpaired) electrons. The largest absolute Gasteiger partial charge is 0.477 e. The molecule has 10 heteroatoms. The van der Waals surface area contributed by atoms with Gasteiger partial charge < -0.3 is 24.1 Å². The number of carbonyl (C=O) groups excluding carboxylic acids is 3. The van der Waals surface area contributed by atoms with Gasteiger partial charge in [-0.25, -0.2) is 4.79 Å². The number of aromatic nitrogens is 2. The molecule has 1 aromatic carbocycles. The maximum atomic E-state index is 12.8. The van der Waals surface area contributed by atoms with Crippen molar-refractivity contribution < 1.29 is 28.3 Å². The van der Waals surface area contributed by atoms with Gasteiger partial charge in [0.25, 0.3) is 11.8 Å². The molecule has 4 rings (SSSR count). The summed E-state index contributed by atoms with van der Waals surface area (Å²) < 4.78 is 17.9. The summed E-state index contributed by atoms with van der Waals surface area (Å²) in [4.78, 5) is 38.5. The van der Waals surface area contributed by atoms with E-state index in [0.29, 0.717) is 23.7 Å². The van der Waals surface area contributed by atoms with Gasteiger partial charge in [0.2, 0.25) is 5.76 Å². The van der Waals surface area contributed by atoms with Crippen LogP contribution in [0.15, 0.2) is 59.3 Å². The summed E-state index contributed by atoms with van der Waals surface area (Å²) in [7, 11) is 1.49. The highest BCUT2D eigenvalue weighted by Crippen LogP contribution is 2.33. The lowest BCUT2D eigenvalue weighted by molar-refractivity contribution is -0.128. The summed E-state index contributed by atoms with van der Waals surface area (Å²) in [5, 5.41) is 6.58. The maximum absolute atomic E-state index is 12.8. The Kier molecular flexibility index (Phi) is 5.69. The number of hydrogen-bond acceptors (Lipinski definition) is 7. The summed E-state index contributed by atoms with van der Waals surface area (Å²) in [6, 6.07) is 11.8. The number of amides is 2. The van der Waals surface area contributed by atoms with Gasteiger partial charge >= 0.3 is 5.97 Å². The predicted molar refractivity (Wildman–Crippen MR) is 108 cm³/mol. The van der Waals surface area contributed by atoms with E-state index in [1.54, 1.807) is 53.5 Å². The van der Waals surface area contributed by atoms with Crippen molar-refractivity contribution in [1.82, 2.24) is 15.1 Å². The van der Waals surface area contributed by atoms with Crippen LogP contribution in [0.25, 0.3) is 0 Å². The number of rotatable bonds is 6. The lowest BCUT2D eigenvalue weighted by Gasteiger charge is -2.33. The van der Waals surface area contributed by atoms with Crippen molar-refractivity contribution in [2.24, 2.45) is 0 Å². The first-order valence-electron chi connectivity index (χ1n) is 9.56. The van der Waals surface area contributed by atoms with Crippen molar-refractivity contribution in [3.8, 4) is 5.75 Å². The van der Waals surface area contributed by atoms with Gasteiger partial charge in [0.1, 0.15) is 11.5 Å². The smallest absolute Gasteiger partial charge is 0.374 e. The summed E-state index contributed by atoms with van der Waals surface area (Å²) in [5.41, 5.74) is 0.503. The van der Waals surface area contributed by atoms with Crippen molar-refractivity contribution in [3.05, 3.63) is 66.4 Å². The number of nitrogens with zero attached hydrogens (tertiary/aromatic N) is 3. The first kappa shape index (κ1) is 20.2. The fraction of sp³-hybridized carbons (Fsp3) is 0.238. The second kappa shape index (κ2) is 8.74. The van der Waals surface area contributed by atoms with E-state index in [4.69, 9.17) is 13.9 Å². The molecule has 1 N–H and O–H groups in total. The van der Waals surface area contributed by atoms with Crippen LogP contribution in [-0.4, -0.2) is 53.9 Å². The average molecular weight is 424 g/mol. The molecule has 10 nitrogen and oxygen atoms in total. The van der Waals surface area contributed by atoms with Gasteiger partial charge in [-0.3, -0.25) is 14.3 Å². The molecule has 0 spiro atoms. The molecular weight excluding hydrogens is 404 g/mol. The third kappa shape index (κ3) is 4.42. The molecule has 1 unspecified atom stereocenters. The van der Waals surface area contributed by atoms with E-state index >= 15 is 0 Å². The monoisotopic (exact) mass is 424 g/mol. The first-order chi connectivity index (χ1) is 15.0. The average Bonchev–Trinajstić information content (AvgIpc) is 3.48. The van der Waals surface area contributed by atoms with Crippen LogP contribution in [0.1, 0.15) is 16.3 Å². The van der Waals surface area contributed by atoms with Crippen LogP contribution < -0.4 is 15.0 Å². The van der Waals surface area contributed by atoms with Crippen LogP contribution >= 0.6 is 0 Å². The first-order valence-corrected chi connectivity index (χ1v) is 9.56. The number of para-hydroxylation sites is 2. The van der Waals surface area contributed by atoms with Gasteiger partial charge in [-0.15, -0.1) is 0 Å². The Morgan fingerprint density at radius 2 is 2.03 bits per heavy atom. The Labute approximate surface area is 177 Å². The third-order valence-corrected chi connectivity index (χ3v) is 4.68. The van der Waals surface area contributed by atoms with Gasteiger partial charge in [0, 0.05) is 19.4 Å². The zero-order valence-corrected chi connectivity index (χ0v) is 16.7. The molecular formula is C21H20N4O6. The van der Waals surface area contributed by atoms with Crippen molar-refractivity contribution in [3.63, 3.8) is 0 Å². The van der Waals surface area contributed by atoms with Gasteiger partial charge in [0.05, 0.1) is 18.8 Å². The molecule has 1 atom stereocenters. The highest BCUT2D eigenvalue weighted by atomic mass is 16.5. The highest BCUT2D eigenvalue weighted by Gasteiger charge is 2.33. The van der Waals surface area contributed by atoms with E-state index in [0.717, 1.165) is 0 Å². The molecule has 2 aromatic heterocycles. The second-order valence-corrected chi connectivity index (χ2v) is 6.74. The van der Waals surface area contributed by atoms with E-state index in [2.05, 4.69) is 10.4 Å². The standard InChI is InChI=1S/C21H20N4O6/c1-22-20(27)18-12-25(15-5-2-3-6-16(15)31-18)19(26)13-29-21(28)17-8-7-14(30-17)11-24-10-4-9-23-24/h2-10,18H,11-13H2,1H3,(H,22,27). The number of carbonyl (C=O) groups is 3. The van der Waals surface area contributed by atoms with Crippen LogP contribution in [-0.2, 0) is 20.9 Å². The molecule has 3 heterocycles. The molecule has 3 aromatic rings. The highest BCUT2D eigenvalue weighted by molar-refractivity contribution is 5.99. The summed E-state index contributed by atoms with van der Waals surface area (Å²) in [5.74, 6) is -0.690. The molecule has 0 aliphatic carbocycles. The lowest BCUT2D eigenvalue weighted by atomic mass is 10.1. The SMILES string of the molecule is CNC(=O)C1CN(C(=O)COC(=O)c2ccc(Cn3cccn3)o2)c2ccccc2O1. The van der Waals surface area contributed by atoms with E-state index in [-0.39, 0.29) is 18.2 Å². The van der Waals surface area contributed by atoms with Crippen LogP contribution in [0.2, 0.25) is 0 Å². The zero-order chi connectivity index (χ0) is 21.8. The Bertz CT molecular complexity index is 1090. The van der Waals surface area contributed by atoms with Crippen LogP contribution in [0, 0.1) is 0 Å². The Morgan fingerprint density at radius 1 is 1.19 bits per heavy atom. The molecule has 31 heavy (non-hydrogen) atoms. The normalized spacial score (nSPS) is 15.0. The minimum atomic E-state index is -0.866.